The molecule has 0 bridgehead atoms. The number of morpholine rings is 1. The number of aliphatic imine (C=N–C) groups is 1. The summed E-state index contributed by atoms with van der Waals surface area (Å²) in [6.07, 6.45) is 6.02. The van der Waals surface area contributed by atoms with Gasteiger partial charge in [0.25, 0.3) is 0 Å². The van der Waals surface area contributed by atoms with Gasteiger partial charge in [-0.25, -0.2) is 4.99 Å². The maximum absolute atomic E-state index is 5.94. The van der Waals surface area contributed by atoms with E-state index in [9.17, 15) is 0 Å². The molecule has 1 saturated heterocycles. The molecular formula is C19H28IN5OS. The van der Waals surface area contributed by atoms with E-state index < -0.39 is 0 Å². The number of ether oxygens (including phenoxy) is 1. The number of hydrogen-bond acceptors (Lipinski definition) is 4. The van der Waals surface area contributed by atoms with Crippen LogP contribution in [0.4, 0.5) is 0 Å². The number of thioether (sulfide) groups is 1. The van der Waals surface area contributed by atoms with Crippen molar-refractivity contribution in [2.75, 3.05) is 32.5 Å². The zero-order chi connectivity index (χ0) is 18.4. The van der Waals surface area contributed by atoms with Gasteiger partial charge < -0.3 is 15.0 Å². The van der Waals surface area contributed by atoms with Crippen LogP contribution >= 0.6 is 35.7 Å². The predicted octanol–water partition coefficient (Wildman–Crippen LogP) is 3.30. The topological polar surface area (TPSA) is 54.7 Å². The van der Waals surface area contributed by atoms with Crippen LogP contribution in [0.5, 0.6) is 0 Å². The van der Waals surface area contributed by atoms with E-state index in [-0.39, 0.29) is 30.1 Å². The largest absolute Gasteiger partial charge is 0.370 e. The minimum Gasteiger partial charge on any atom is -0.370 e. The van der Waals surface area contributed by atoms with Crippen molar-refractivity contribution in [2.24, 2.45) is 12.0 Å². The van der Waals surface area contributed by atoms with Gasteiger partial charge in [-0.15, -0.1) is 35.7 Å². The molecule has 1 unspecified atom stereocenters. The standard InChI is InChI=1S/C19H27N5OS.HI/c1-4-20-19(21-11-15-5-7-17(26-3)8-6-15)24-9-10-25-18(14-24)16-12-22-23(2)13-16;/h5-8,12-13,18H,4,9-11,14H2,1-3H3,(H,20,21);1H. The van der Waals surface area contributed by atoms with Crippen LogP contribution < -0.4 is 5.32 Å². The van der Waals surface area contributed by atoms with Crippen molar-refractivity contribution in [1.29, 1.82) is 0 Å². The lowest BCUT2D eigenvalue weighted by Crippen LogP contribution is -2.48. The van der Waals surface area contributed by atoms with Gasteiger partial charge in [0.15, 0.2) is 5.96 Å². The van der Waals surface area contributed by atoms with Crippen LogP contribution in [0, 0.1) is 0 Å². The highest BCUT2D eigenvalue weighted by Gasteiger charge is 2.25. The molecule has 3 rings (SSSR count). The molecule has 1 N–H and O–H groups in total. The van der Waals surface area contributed by atoms with Gasteiger partial charge in [0.1, 0.15) is 6.10 Å². The first-order chi connectivity index (χ1) is 12.7. The minimum atomic E-state index is 0. The van der Waals surface area contributed by atoms with Gasteiger partial charge in [0.05, 0.1) is 25.9 Å². The molecule has 27 heavy (non-hydrogen) atoms. The molecule has 1 aliphatic rings. The molecule has 0 amide bonds. The Morgan fingerprint density at radius 2 is 2.15 bits per heavy atom. The van der Waals surface area contributed by atoms with Crippen LogP contribution in [-0.4, -0.2) is 53.1 Å². The first-order valence-electron chi connectivity index (χ1n) is 8.96. The summed E-state index contributed by atoms with van der Waals surface area (Å²) in [6.45, 7) is 5.93. The molecule has 8 heteroatoms. The second-order valence-corrected chi connectivity index (χ2v) is 7.15. The third-order valence-electron chi connectivity index (χ3n) is 4.37. The fourth-order valence-corrected chi connectivity index (χ4v) is 3.38. The highest BCUT2D eigenvalue weighted by atomic mass is 127. The number of benzene rings is 1. The molecule has 1 aromatic heterocycles. The second kappa shape index (κ2) is 10.9. The SMILES string of the molecule is CCNC(=NCc1ccc(SC)cc1)N1CCOC(c2cnn(C)c2)C1.I. The van der Waals surface area contributed by atoms with Gasteiger partial charge in [-0.2, -0.15) is 5.10 Å². The first kappa shape index (κ1) is 22.0. The average molecular weight is 501 g/mol. The Morgan fingerprint density at radius 3 is 2.78 bits per heavy atom. The molecular weight excluding hydrogens is 473 g/mol. The van der Waals surface area contributed by atoms with Crippen LogP contribution in [-0.2, 0) is 18.3 Å². The van der Waals surface area contributed by atoms with Crippen LogP contribution in [0.15, 0.2) is 46.5 Å². The van der Waals surface area contributed by atoms with Gasteiger partial charge in [-0.05, 0) is 30.9 Å². The number of aryl methyl sites for hydroxylation is 1. The maximum atomic E-state index is 5.94. The average Bonchev–Trinajstić information content (AvgIpc) is 3.12. The van der Waals surface area contributed by atoms with Gasteiger partial charge >= 0.3 is 0 Å². The Kier molecular flexibility index (Phi) is 8.91. The van der Waals surface area contributed by atoms with E-state index in [2.05, 4.69) is 52.8 Å². The lowest BCUT2D eigenvalue weighted by atomic mass is 10.1. The quantitative estimate of drug-likeness (QED) is 0.295. The van der Waals surface area contributed by atoms with Crippen LogP contribution in [0.3, 0.4) is 0 Å². The van der Waals surface area contributed by atoms with E-state index in [1.165, 1.54) is 10.5 Å². The van der Waals surface area contributed by atoms with Crippen molar-refractivity contribution in [3.05, 3.63) is 47.8 Å². The van der Waals surface area contributed by atoms with E-state index in [1.807, 2.05) is 24.1 Å². The zero-order valence-electron chi connectivity index (χ0n) is 16.1. The summed E-state index contributed by atoms with van der Waals surface area (Å²) in [6, 6.07) is 8.60. The minimum absolute atomic E-state index is 0. The van der Waals surface area contributed by atoms with Crippen molar-refractivity contribution in [1.82, 2.24) is 20.0 Å². The molecule has 1 aromatic carbocycles. The van der Waals surface area contributed by atoms with Gasteiger partial charge in [-0.3, -0.25) is 4.68 Å². The zero-order valence-corrected chi connectivity index (χ0v) is 19.2. The number of aromatic nitrogens is 2. The predicted molar refractivity (Wildman–Crippen MR) is 122 cm³/mol. The summed E-state index contributed by atoms with van der Waals surface area (Å²) >= 11 is 1.76. The highest BCUT2D eigenvalue weighted by molar-refractivity contribution is 14.0. The van der Waals surface area contributed by atoms with Crippen molar-refractivity contribution < 1.29 is 4.74 Å². The molecule has 0 radical (unpaired) electrons. The monoisotopic (exact) mass is 501 g/mol. The number of guanidine groups is 1. The number of nitrogens with zero attached hydrogens (tertiary/aromatic N) is 4. The molecule has 0 saturated carbocycles. The third-order valence-corrected chi connectivity index (χ3v) is 5.11. The van der Waals surface area contributed by atoms with Gasteiger partial charge in [0, 0.05) is 36.8 Å². The Balaban J connectivity index is 0.00000261. The normalized spacial score (nSPS) is 17.5. The molecule has 6 nitrogen and oxygen atoms in total. The van der Waals surface area contributed by atoms with E-state index in [4.69, 9.17) is 9.73 Å². The van der Waals surface area contributed by atoms with Crippen LogP contribution in [0.25, 0.3) is 0 Å². The molecule has 1 aliphatic heterocycles. The molecule has 148 valence electrons. The van der Waals surface area contributed by atoms with E-state index in [0.29, 0.717) is 13.2 Å². The lowest BCUT2D eigenvalue weighted by molar-refractivity contribution is -0.00805. The molecule has 0 spiro atoms. The van der Waals surface area contributed by atoms with Crippen LogP contribution in [0.1, 0.15) is 24.2 Å². The van der Waals surface area contributed by atoms with E-state index in [0.717, 1.165) is 31.2 Å². The summed E-state index contributed by atoms with van der Waals surface area (Å²) < 4.78 is 7.76. The maximum Gasteiger partial charge on any atom is 0.194 e. The smallest absolute Gasteiger partial charge is 0.194 e. The molecule has 2 aromatic rings. The fraction of sp³-hybridized carbons (Fsp3) is 0.474. The number of nitrogens with one attached hydrogen (secondary N) is 1. The Bertz CT molecular complexity index is 734. The van der Waals surface area contributed by atoms with E-state index in [1.54, 1.807) is 11.8 Å². The van der Waals surface area contributed by atoms with Crippen molar-refractivity contribution >= 4 is 41.7 Å². The van der Waals surface area contributed by atoms with Crippen molar-refractivity contribution in [3.8, 4) is 0 Å². The lowest BCUT2D eigenvalue weighted by Gasteiger charge is -2.34. The Morgan fingerprint density at radius 1 is 1.37 bits per heavy atom. The van der Waals surface area contributed by atoms with Crippen LogP contribution in [0.2, 0.25) is 0 Å². The third kappa shape index (κ3) is 6.11. The summed E-state index contributed by atoms with van der Waals surface area (Å²) in [5.74, 6) is 0.943. The fourth-order valence-electron chi connectivity index (χ4n) is 2.97. The Labute approximate surface area is 182 Å². The van der Waals surface area contributed by atoms with E-state index >= 15 is 0 Å². The van der Waals surface area contributed by atoms with Gasteiger partial charge in [-0.1, -0.05) is 12.1 Å². The molecule has 0 aliphatic carbocycles. The highest BCUT2D eigenvalue weighted by Crippen LogP contribution is 2.22. The van der Waals surface area contributed by atoms with Crippen molar-refractivity contribution in [2.45, 2.75) is 24.5 Å². The molecule has 1 atom stereocenters. The van der Waals surface area contributed by atoms with Crippen molar-refractivity contribution in [3.63, 3.8) is 0 Å². The van der Waals surface area contributed by atoms with Gasteiger partial charge in [0.2, 0.25) is 0 Å². The summed E-state index contributed by atoms with van der Waals surface area (Å²) in [5, 5.41) is 7.68. The summed E-state index contributed by atoms with van der Waals surface area (Å²) in [4.78, 5) is 8.40. The molecule has 2 heterocycles. The Hall–Kier alpha value is -1.26. The number of hydrogen-bond donors (Lipinski definition) is 1. The first-order valence-corrected chi connectivity index (χ1v) is 10.2. The second-order valence-electron chi connectivity index (χ2n) is 6.27. The summed E-state index contributed by atoms with van der Waals surface area (Å²) in [5.41, 5.74) is 2.33. The molecule has 1 fully saturated rings. The summed E-state index contributed by atoms with van der Waals surface area (Å²) in [7, 11) is 1.93. The number of rotatable bonds is 5. The number of halogens is 1.